The Morgan fingerprint density at radius 2 is 2.06 bits per heavy atom. The maximum absolute atomic E-state index is 10.4. The summed E-state index contributed by atoms with van der Waals surface area (Å²) in [6.07, 6.45) is 2.23. The molecule has 0 fully saturated rings. The standard InChI is InChI=1S/C12H12ClN3O2/c13-10-3-1-9(2-4-10)7-16-8-11(14-15-16)5-6-12(17)18/h1-4,8H,5-7H2,(H,17,18). The number of halogens is 1. The van der Waals surface area contributed by atoms with Crippen LogP contribution in [0, 0.1) is 0 Å². The molecule has 2 aromatic rings. The number of aryl methyl sites for hydroxylation is 1. The number of rotatable bonds is 5. The van der Waals surface area contributed by atoms with Crippen LogP contribution in [0.25, 0.3) is 0 Å². The first-order valence-electron chi connectivity index (χ1n) is 5.49. The topological polar surface area (TPSA) is 68.0 Å². The van der Waals surface area contributed by atoms with Crippen molar-refractivity contribution >= 4 is 17.6 Å². The van der Waals surface area contributed by atoms with Gasteiger partial charge in [-0.3, -0.25) is 4.79 Å². The number of carbonyl (C=O) groups is 1. The third kappa shape index (κ3) is 3.56. The van der Waals surface area contributed by atoms with E-state index >= 15 is 0 Å². The molecular formula is C12H12ClN3O2. The summed E-state index contributed by atoms with van der Waals surface area (Å²) in [4.78, 5) is 10.4. The minimum atomic E-state index is -0.831. The Balaban J connectivity index is 1.97. The number of benzene rings is 1. The van der Waals surface area contributed by atoms with Gasteiger partial charge in [0.05, 0.1) is 18.7 Å². The minimum absolute atomic E-state index is 0.0691. The predicted molar refractivity (Wildman–Crippen MR) is 66.5 cm³/mol. The fourth-order valence-electron chi connectivity index (χ4n) is 1.54. The summed E-state index contributed by atoms with van der Waals surface area (Å²) < 4.78 is 1.68. The SMILES string of the molecule is O=C(O)CCc1cn(Cc2ccc(Cl)cc2)nn1. The summed E-state index contributed by atoms with van der Waals surface area (Å²) in [7, 11) is 0. The van der Waals surface area contributed by atoms with Crippen molar-refractivity contribution in [3.05, 3.63) is 46.7 Å². The van der Waals surface area contributed by atoms with Crippen LogP contribution in [0.1, 0.15) is 17.7 Å². The van der Waals surface area contributed by atoms with E-state index < -0.39 is 5.97 Å². The average molecular weight is 266 g/mol. The summed E-state index contributed by atoms with van der Waals surface area (Å²) >= 11 is 5.80. The minimum Gasteiger partial charge on any atom is -0.481 e. The summed E-state index contributed by atoms with van der Waals surface area (Å²) in [6, 6.07) is 7.47. The number of aliphatic carboxylic acids is 1. The van der Waals surface area contributed by atoms with Gasteiger partial charge in [-0.05, 0) is 17.7 Å². The summed E-state index contributed by atoms with van der Waals surface area (Å²) in [5, 5.41) is 17.1. The van der Waals surface area contributed by atoms with E-state index in [1.807, 2.05) is 24.3 Å². The normalized spacial score (nSPS) is 10.5. The molecule has 18 heavy (non-hydrogen) atoms. The lowest BCUT2D eigenvalue weighted by Gasteiger charge is -2.00. The highest BCUT2D eigenvalue weighted by Gasteiger charge is 2.04. The summed E-state index contributed by atoms with van der Waals surface area (Å²) in [5.41, 5.74) is 1.75. The van der Waals surface area contributed by atoms with Crippen molar-refractivity contribution < 1.29 is 9.90 Å². The number of carboxylic acid groups (broad SMARTS) is 1. The largest absolute Gasteiger partial charge is 0.481 e. The molecule has 0 spiro atoms. The molecule has 1 N–H and O–H groups in total. The van der Waals surface area contributed by atoms with Crippen molar-refractivity contribution in [1.29, 1.82) is 0 Å². The second-order valence-corrected chi connectivity index (χ2v) is 4.36. The molecule has 0 saturated heterocycles. The molecule has 0 aliphatic rings. The average Bonchev–Trinajstić information content (AvgIpc) is 2.77. The smallest absolute Gasteiger partial charge is 0.303 e. The van der Waals surface area contributed by atoms with Crippen molar-refractivity contribution in [2.75, 3.05) is 0 Å². The van der Waals surface area contributed by atoms with Crippen LogP contribution in [-0.2, 0) is 17.8 Å². The Labute approximate surface area is 109 Å². The van der Waals surface area contributed by atoms with Crippen molar-refractivity contribution in [3.63, 3.8) is 0 Å². The Bertz CT molecular complexity index is 537. The van der Waals surface area contributed by atoms with E-state index in [4.69, 9.17) is 16.7 Å². The molecule has 1 aromatic heterocycles. The zero-order valence-corrected chi connectivity index (χ0v) is 10.3. The van der Waals surface area contributed by atoms with E-state index in [2.05, 4.69) is 10.3 Å². The Kier molecular flexibility index (Phi) is 3.94. The van der Waals surface area contributed by atoms with Crippen molar-refractivity contribution in [2.45, 2.75) is 19.4 Å². The first-order valence-corrected chi connectivity index (χ1v) is 5.86. The van der Waals surface area contributed by atoms with Gasteiger partial charge in [0.15, 0.2) is 0 Å². The van der Waals surface area contributed by atoms with Crippen molar-refractivity contribution in [3.8, 4) is 0 Å². The third-order valence-corrected chi connectivity index (χ3v) is 2.69. The van der Waals surface area contributed by atoms with Gasteiger partial charge in [0.2, 0.25) is 0 Å². The molecule has 1 heterocycles. The Morgan fingerprint density at radius 3 is 2.72 bits per heavy atom. The summed E-state index contributed by atoms with van der Waals surface area (Å²) in [5.74, 6) is -0.831. The van der Waals surface area contributed by atoms with Crippen LogP contribution in [-0.4, -0.2) is 26.1 Å². The quantitative estimate of drug-likeness (QED) is 0.898. The third-order valence-electron chi connectivity index (χ3n) is 2.44. The zero-order valence-electron chi connectivity index (χ0n) is 9.58. The zero-order chi connectivity index (χ0) is 13.0. The maximum atomic E-state index is 10.4. The van der Waals surface area contributed by atoms with E-state index in [1.54, 1.807) is 10.9 Å². The van der Waals surface area contributed by atoms with Gasteiger partial charge in [0.1, 0.15) is 0 Å². The molecule has 0 aliphatic carbocycles. The van der Waals surface area contributed by atoms with Crippen LogP contribution in [0.15, 0.2) is 30.5 Å². The molecule has 6 heteroatoms. The van der Waals surface area contributed by atoms with Gasteiger partial charge in [0, 0.05) is 17.6 Å². The first-order chi connectivity index (χ1) is 8.63. The van der Waals surface area contributed by atoms with E-state index in [0.29, 0.717) is 23.7 Å². The number of hydrogen-bond acceptors (Lipinski definition) is 3. The summed E-state index contributed by atoms with van der Waals surface area (Å²) in [6.45, 7) is 0.594. The van der Waals surface area contributed by atoms with Gasteiger partial charge in [0.25, 0.3) is 0 Å². The lowest BCUT2D eigenvalue weighted by atomic mass is 10.2. The van der Waals surface area contributed by atoms with Crippen LogP contribution < -0.4 is 0 Å². The molecule has 0 unspecified atom stereocenters. The fraction of sp³-hybridized carbons (Fsp3) is 0.250. The van der Waals surface area contributed by atoms with Gasteiger partial charge >= 0.3 is 5.97 Å². The van der Waals surface area contributed by atoms with Crippen LogP contribution in [0.2, 0.25) is 5.02 Å². The lowest BCUT2D eigenvalue weighted by molar-refractivity contribution is -0.136. The molecule has 0 radical (unpaired) electrons. The maximum Gasteiger partial charge on any atom is 0.303 e. The molecule has 2 rings (SSSR count). The molecule has 0 bridgehead atoms. The van der Waals surface area contributed by atoms with Crippen LogP contribution in [0.4, 0.5) is 0 Å². The van der Waals surface area contributed by atoms with E-state index in [0.717, 1.165) is 5.56 Å². The lowest BCUT2D eigenvalue weighted by Crippen LogP contribution is -2.00. The van der Waals surface area contributed by atoms with E-state index in [1.165, 1.54) is 0 Å². The second-order valence-electron chi connectivity index (χ2n) is 3.93. The molecule has 0 amide bonds. The highest BCUT2D eigenvalue weighted by atomic mass is 35.5. The van der Waals surface area contributed by atoms with Crippen LogP contribution >= 0.6 is 11.6 Å². The monoisotopic (exact) mass is 265 g/mol. The van der Waals surface area contributed by atoms with Gasteiger partial charge < -0.3 is 5.11 Å². The van der Waals surface area contributed by atoms with E-state index in [9.17, 15) is 4.79 Å². The molecule has 94 valence electrons. The fourth-order valence-corrected chi connectivity index (χ4v) is 1.67. The van der Waals surface area contributed by atoms with Gasteiger partial charge in [-0.1, -0.05) is 28.9 Å². The number of nitrogens with zero attached hydrogens (tertiary/aromatic N) is 3. The predicted octanol–water partition coefficient (Wildman–Crippen LogP) is 2.00. The molecule has 5 nitrogen and oxygen atoms in total. The Morgan fingerprint density at radius 1 is 1.33 bits per heavy atom. The van der Waals surface area contributed by atoms with Crippen molar-refractivity contribution in [1.82, 2.24) is 15.0 Å². The number of hydrogen-bond donors (Lipinski definition) is 1. The van der Waals surface area contributed by atoms with Gasteiger partial charge in [-0.25, -0.2) is 4.68 Å². The Hall–Kier alpha value is -1.88. The highest BCUT2D eigenvalue weighted by molar-refractivity contribution is 6.30. The van der Waals surface area contributed by atoms with E-state index in [-0.39, 0.29) is 6.42 Å². The first kappa shape index (κ1) is 12.6. The molecular weight excluding hydrogens is 254 g/mol. The van der Waals surface area contributed by atoms with Crippen LogP contribution in [0.5, 0.6) is 0 Å². The highest BCUT2D eigenvalue weighted by Crippen LogP contribution is 2.10. The van der Waals surface area contributed by atoms with Crippen molar-refractivity contribution in [2.24, 2.45) is 0 Å². The second kappa shape index (κ2) is 5.64. The molecule has 1 aromatic carbocycles. The number of aromatic nitrogens is 3. The van der Waals surface area contributed by atoms with Crippen LogP contribution in [0.3, 0.4) is 0 Å². The van der Waals surface area contributed by atoms with Gasteiger partial charge in [-0.15, -0.1) is 5.10 Å². The molecule has 0 atom stereocenters. The molecule has 0 aliphatic heterocycles. The number of carboxylic acids is 1. The molecule has 0 saturated carbocycles. The van der Waals surface area contributed by atoms with Gasteiger partial charge in [-0.2, -0.15) is 0 Å².